The molecule has 2 rings (SSSR count). The summed E-state index contributed by atoms with van der Waals surface area (Å²) in [5, 5.41) is 8.51. The second-order valence-corrected chi connectivity index (χ2v) is 4.43. The summed E-state index contributed by atoms with van der Waals surface area (Å²) in [6.07, 6.45) is -2.00. The molecule has 0 aliphatic carbocycles. The van der Waals surface area contributed by atoms with Crippen LogP contribution in [0.1, 0.15) is 11.1 Å². The van der Waals surface area contributed by atoms with Crippen molar-refractivity contribution in [3.63, 3.8) is 0 Å². The van der Waals surface area contributed by atoms with Gasteiger partial charge in [0.2, 0.25) is 6.17 Å². The molecule has 0 aliphatic heterocycles. The molecule has 3 nitrogen and oxygen atoms in total. The molecule has 0 spiro atoms. The van der Waals surface area contributed by atoms with Crippen LogP contribution >= 0.6 is 0 Å². The number of hydrogen-bond donors (Lipinski definition) is 1. The van der Waals surface area contributed by atoms with E-state index in [-0.39, 0.29) is 6.42 Å². The van der Waals surface area contributed by atoms with Gasteiger partial charge < -0.3 is 9.84 Å². The van der Waals surface area contributed by atoms with Crippen molar-refractivity contribution in [2.45, 2.75) is 19.2 Å². The molecule has 0 saturated heterocycles. The van der Waals surface area contributed by atoms with Gasteiger partial charge in [0, 0.05) is 6.42 Å². The lowest BCUT2D eigenvalue weighted by atomic mass is 10.1. The average molecular weight is 274 g/mol. The van der Waals surface area contributed by atoms with Crippen molar-refractivity contribution in [2.75, 3.05) is 0 Å². The minimum Gasteiger partial charge on any atom is -0.489 e. The molecule has 2 aromatic carbocycles. The third-order valence-electron chi connectivity index (χ3n) is 2.85. The molecule has 0 heterocycles. The van der Waals surface area contributed by atoms with Crippen LogP contribution in [0.2, 0.25) is 0 Å². The number of alkyl halides is 1. The van der Waals surface area contributed by atoms with E-state index >= 15 is 0 Å². The van der Waals surface area contributed by atoms with Crippen molar-refractivity contribution < 1.29 is 19.0 Å². The summed E-state index contributed by atoms with van der Waals surface area (Å²) < 4.78 is 18.6. The van der Waals surface area contributed by atoms with Crippen LogP contribution < -0.4 is 4.74 Å². The second kappa shape index (κ2) is 6.70. The van der Waals surface area contributed by atoms with Gasteiger partial charge >= 0.3 is 5.97 Å². The number of aliphatic carboxylic acids is 1. The fraction of sp³-hybridized carbons (Fsp3) is 0.188. The number of carboxylic acid groups (broad SMARTS) is 1. The molecule has 4 heteroatoms. The first kappa shape index (κ1) is 14.1. The van der Waals surface area contributed by atoms with Crippen LogP contribution in [0.5, 0.6) is 5.75 Å². The molecule has 0 amide bonds. The molecule has 0 radical (unpaired) electrons. The highest BCUT2D eigenvalue weighted by Crippen LogP contribution is 2.16. The topological polar surface area (TPSA) is 46.5 Å². The first-order chi connectivity index (χ1) is 9.65. The van der Waals surface area contributed by atoms with Gasteiger partial charge in [-0.2, -0.15) is 0 Å². The number of halogens is 1. The van der Waals surface area contributed by atoms with Crippen molar-refractivity contribution in [3.8, 4) is 5.75 Å². The van der Waals surface area contributed by atoms with E-state index in [1.807, 2.05) is 30.3 Å². The number of ether oxygens (including phenoxy) is 1. The lowest BCUT2D eigenvalue weighted by Crippen LogP contribution is -2.17. The fourth-order valence-corrected chi connectivity index (χ4v) is 1.76. The molecule has 2 aromatic rings. The molecule has 0 fully saturated rings. The zero-order chi connectivity index (χ0) is 14.4. The van der Waals surface area contributed by atoms with Gasteiger partial charge in [-0.1, -0.05) is 42.5 Å². The van der Waals surface area contributed by atoms with Gasteiger partial charge in [0.25, 0.3) is 0 Å². The highest BCUT2D eigenvalue weighted by molar-refractivity contribution is 5.72. The Labute approximate surface area is 116 Å². The highest BCUT2D eigenvalue weighted by atomic mass is 19.1. The molecule has 104 valence electrons. The minimum absolute atomic E-state index is 0.131. The van der Waals surface area contributed by atoms with Crippen molar-refractivity contribution in [1.29, 1.82) is 0 Å². The van der Waals surface area contributed by atoms with Gasteiger partial charge in [0.15, 0.2) is 0 Å². The standard InChI is InChI=1S/C16H15FO3/c17-15(16(18)19)10-12-6-8-14(9-7-12)20-11-13-4-2-1-3-5-13/h1-9,15H,10-11H2,(H,18,19). The fourth-order valence-electron chi connectivity index (χ4n) is 1.76. The van der Waals surface area contributed by atoms with Crippen LogP contribution in [0.25, 0.3) is 0 Å². The van der Waals surface area contributed by atoms with E-state index in [1.54, 1.807) is 24.3 Å². The Bertz CT molecular complexity index is 552. The zero-order valence-electron chi connectivity index (χ0n) is 10.8. The molecule has 1 N–H and O–H groups in total. The van der Waals surface area contributed by atoms with Crippen LogP contribution in [-0.2, 0) is 17.8 Å². The normalized spacial score (nSPS) is 11.8. The van der Waals surface area contributed by atoms with Gasteiger partial charge in [-0.05, 0) is 23.3 Å². The van der Waals surface area contributed by atoms with E-state index in [9.17, 15) is 9.18 Å². The van der Waals surface area contributed by atoms with E-state index < -0.39 is 12.1 Å². The summed E-state index contributed by atoms with van der Waals surface area (Å²) >= 11 is 0. The summed E-state index contributed by atoms with van der Waals surface area (Å²) in [7, 11) is 0. The molecule has 1 atom stereocenters. The predicted molar refractivity (Wildman–Crippen MR) is 73.5 cm³/mol. The van der Waals surface area contributed by atoms with Crippen molar-refractivity contribution in [1.82, 2.24) is 0 Å². The highest BCUT2D eigenvalue weighted by Gasteiger charge is 2.15. The monoisotopic (exact) mass is 274 g/mol. The molecule has 0 bridgehead atoms. The summed E-state index contributed by atoms with van der Waals surface area (Å²) in [5.74, 6) is -0.766. The Kier molecular flexibility index (Phi) is 4.71. The summed E-state index contributed by atoms with van der Waals surface area (Å²) in [5.41, 5.74) is 1.69. The quantitative estimate of drug-likeness (QED) is 0.879. The lowest BCUT2D eigenvalue weighted by molar-refractivity contribution is -0.142. The molecule has 1 unspecified atom stereocenters. The Morgan fingerprint density at radius 2 is 1.70 bits per heavy atom. The number of benzene rings is 2. The van der Waals surface area contributed by atoms with Gasteiger partial charge in [0.1, 0.15) is 12.4 Å². The van der Waals surface area contributed by atoms with Crippen molar-refractivity contribution >= 4 is 5.97 Å². The van der Waals surface area contributed by atoms with Crippen LogP contribution in [-0.4, -0.2) is 17.2 Å². The maximum Gasteiger partial charge on any atom is 0.338 e. The van der Waals surface area contributed by atoms with E-state index in [0.29, 0.717) is 17.9 Å². The number of hydrogen-bond acceptors (Lipinski definition) is 2. The minimum atomic E-state index is -1.87. The Balaban J connectivity index is 1.90. The predicted octanol–water partition coefficient (Wildman–Crippen LogP) is 3.23. The van der Waals surface area contributed by atoms with Gasteiger partial charge in [-0.25, -0.2) is 9.18 Å². The maximum atomic E-state index is 13.1. The van der Waals surface area contributed by atoms with Crippen LogP contribution in [0, 0.1) is 0 Å². The van der Waals surface area contributed by atoms with Gasteiger partial charge in [-0.3, -0.25) is 0 Å². The molecule has 0 aromatic heterocycles. The first-order valence-electron chi connectivity index (χ1n) is 6.27. The van der Waals surface area contributed by atoms with Gasteiger partial charge in [-0.15, -0.1) is 0 Å². The smallest absolute Gasteiger partial charge is 0.338 e. The van der Waals surface area contributed by atoms with E-state index in [0.717, 1.165) is 5.56 Å². The third-order valence-corrected chi connectivity index (χ3v) is 2.85. The molecular weight excluding hydrogens is 259 g/mol. The summed E-state index contributed by atoms with van der Waals surface area (Å²) in [6, 6.07) is 16.5. The second-order valence-electron chi connectivity index (χ2n) is 4.43. The molecule has 20 heavy (non-hydrogen) atoms. The van der Waals surface area contributed by atoms with Crippen molar-refractivity contribution in [2.24, 2.45) is 0 Å². The summed E-state index contributed by atoms with van der Waals surface area (Å²) in [6.45, 7) is 0.459. The Hall–Kier alpha value is -2.36. The zero-order valence-corrected chi connectivity index (χ0v) is 10.8. The lowest BCUT2D eigenvalue weighted by Gasteiger charge is -2.08. The summed E-state index contributed by atoms with van der Waals surface area (Å²) in [4.78, 5) is 10.4. The molecule has 0 saturated carbocycles. The number of carboxylic acids is 1. The number of rotatable bonds is 6. The maximum absolute atomic E-state index is 13.1. The Morgan fingerprint density at radius 1 is 1.05 bits per heavy atom. The van der Waals surface area contributed by atoms with Crippen LogP contribution in [0.4, 0.5) is 4.39 Å². The van der Waals surface area contributed by atoms with E-state index in [2.05, 4.69) is 0 Å². The van der Waals surface area contributed by atoms with Gasteiger partial charge in [0.05, 0.1) is 0 Å². The van der Waals surface area contributed by atoms with E-state index in [4.69, 9.17) is 9.84 Å². The van der Waals surface area contributed by atoms with E-state index in [1.165, 1.54) is 0 Å². The van der Waals surface area contributed by atoms with Crippen LogP contribution in [0.15, 0.2) is 54.6 Å². The molecule has 0 aliphatic rings. The molecular formula is C16H15FO3. The first-order valence-corrected chi connectivity index (χ1v) is 6.27. The number of carbonyl (C=O) groups is 1. The van der Waals surface area contributed by atoms with Crippen molar-refractivity contribution in [3.05, 3.63) is 65.7 Å². The SMILES string of the molecule is O=C(O)C(F)Cc1ccc(OCc2ccccc2)cc1. The largest absolute Gasteiger partial charge is 0.489 e. The van der Waals surface area contributed by atoms with Crippen LogP contribution in [0.3, 0.4) is 0 Å². The average Bonchev–Trinajstić information content (AvgIpc) is 2.47. The Morgan fingerprint density at radius 3 is 2.30 bits per heavy atom. The third kappa shape index (κ3) is 4.09.